The molecule has 1 N–H and O–H groups in total. The van der Waals surface area contributed by atoms with Gasteiger partial charge in [0, 0.05) is 24.0 Å². The van der Waals surface area contributed by atoms with E-state index in [1.165, 1.54) is 5.56 Å². The SMILES string of the molecule is CCCN1CC(=O)N2CCc3c([nH]c4ccccc34)C2(C)C1=O. The van der Waals surface area contributed by atoms with Crippen LogP contribution in [0.25, 0.3) is 10.9 Å². The molecule has 5 heteroatoms. The van der Waals surface area contributed by atoms with Crippen LogP contribution < -0.4 is 0 Å². The molecule has 2 aliphatic heterocycles. The number of para-hydroxylation sites is 1. The highest BCUT2D eigenvalue weighted by molar-refractivity contribution is 6.00. The average Bonchev–Trinajstić information content (AvgIpc) is 2.93. The minimum absolute atomic E-state index is 0.0338. The van der Waals surface area contributed by atoms with Gasteiger partial charge < -0.3 is 14.8 Å². The number of aromatic amines is 1. The molecule has 23 heavy (non-hydrogen) atoms. The molecule has 1 atom stereocenters. The quantitative estimate of drug-likeness (QED) is 0.922. The lowest BCUT2D eigenvalue weighted by molar-refractivity contribution is -0.165. The first-order chi connectivity index (χ1) is 11.1. The van der Waals surface area contributed by atoms with Crippen LogP contribution in [0.3, 0.4) is 0 Å². The summed E-state index contributed by atoms with van der Waals surface area (Å²) in [6.07, 6.45) is 1.65. The number of carbonyl (C=O) groups excluding carboxylic acids is 2. The molecule has 0 bridgehead atoms. The maximum atomic E-state index is 13.2. The fourth-order valence-corrected chi connectivity index (χ4v) is 4.13. The molecule has 2 aliphatic rings. The van der Waals surface area contributed by atoms with E-state index in [0.29, 0.717) is 13.1 Å². The van der Waals surface area contributed by atoms with Crippen molar-refractivity contribution in [3.8, 4) is 0 Å². The first-order valence-electron chi connectivity index (χ1n) is 8.27. The first kappa shape index (κ1) is 14.3. The van der Waals surface area contributed by atoms with Crippen molar-refractivity contribution < 1.29 is 9.59 Å². The molecular weight excluding hydrogens is 290 g/mol. The molecule has 2 aromatic rings. The van der Waals surface area contributed by atoms with Crippen LogP contribution in [-0.2, 0) is 21.5 Å². The average molecular weight is 311 g/mol. The Kier molecular flexibility index (Phi) is 3.01. The van der Waals surface area contributed by atoms with Crippen molar-refractivity contribution in [2.45, 2.75) is 32.2 Å². The van der Waals surface area contributed by atoms with Gasteiger partial charge in [0.05, 0.1) is 12.2 Å². The lowest BCUT2D eigenvalue weighted by Gasteiger charge is -2.49. The fraction of sp³-hybridized carbons (Fsp3) is 0.444. The zero-order valence-corrected chi connectivity index (χ0v) is 13.6. The summed E-state index contributed by atoms with van der Waals surface area (Å²) in [5, 5.41) is 1.16. The van der Waals surface area contributed by atoms with E-state index in [4.69, 9.17) is 0 Å². The molecule has 1 saturated heterocycles. The molecule has 5 nitrogen and oxygen atoms in total. The molecule has 1 aromatic carbocycles. The van der Waals surface area contributed by atoms with E-state index >= 15 is 0 Å². The van der Waals surface area contributed by atoms with E-state index in [0.717, 1.165) is 29.4 Å². The Morgan fingerprint density at radius 1 is 1.26 bits per heavy atom. The molecular formula is C18H21N3O2. The van der Waals surface area contributed by atoms with Crippen LogP contribution in [0.1, 0.15) is 31.5 Å². The number of hydrogen-bond acceptors (Lipinski definition) is 2. The summed E-state index contributed by atoms with van der Waals surface area (Å²) in [6, 6.07) is 8.12. The third-order valence-electron chi connectivity index (χ3n) is 5.25. The lowest BCUT2D eigenvalue weighted by atomic mass is 9.83. The summed E-state index contributed by atoms with van der Waals surface area (Å²) in [5.41, 5.74) is 2.20. The van der Waals surface area contributed by atoms with Gasteiger partial charge in [0.25, 0.3) is 5.91 Å². The van der Waals surface area contributed by atoms with Crippen LogP contribution in [0.5, 0.6) is 0 Å². The number of carbonyl (C=O) groups is 2. The van der Waals surface area contributed by atoms with Crippen molar-refractivity contribution >= 4 is 22.7 Å². The minimum Gasteiger partial charge on any atom is -0.356 e. The number of nitrogens with one attached hydrogen (secondary N) is 1. The predicted octanol–water partition coefficient (Wildman–Crippen LogP) is 2.02. The fourth-order valence-electron chi connectivity index (χ4n) is 4.13. The standard InChI is InChI=1S/C18H21N3O2/c1-3-9-20-11-15(22)21-10-8-13-12-6-4-5-7-14(12)19-16(13)18(21,2)17(20)23/h4-7,19H,3,8-11H2,1-2H3. The van der Waals surface area contributed by atoms with E-state index in [1.807, 2.05) is 32.0 Å². The molecule has 0 aliphatic carbocycles. The Morgan fingerprint density at radius 2 is 2.04 bits per heavy atom. The molecule has 0 spiro atoms. The summed E-state index contributed by atoms with van der Waals surface area (Å²) in [7, 11) is 0. The van der Waals surface area contributed by atoms with E-state index in [-0.39, 0.29) is 18.4 Å². The predicted molar refractivity (Wildman–Crippen MR) is 87.9 cm³/mol. The van der Waals surface area contributed by atoms with Gasteiger partial charge in [-0.1, -0.05) is 25.1 Å². The summed E-state index contributed by atoms with van der Waals surface area (Å²) in [5.74, 6) is 0.0799. The normalized spacial score (nSPS) is 24.1. The number of aromatic nitrogens is 1. The number of hydrogen-bond donors (Lipinski definition) is 1. The van der Waals surface area contributed by atoms with Crippen molar-refractivity contribution in [2.75, 3.05) is 19.6 Å². The van der Waals surface area contributed by atoms with Crippen LogP contribution in [0, 0.1) is 0 Å². The number of benzene rings is 1. The molecule has 1 unspecified atom stereocenters. The van der Waals surface area contributed by atoms with Crippen LogP contribution in [0.2, 0.25) is 0 Å². The monoisotopic (exact) mass is 311 g/mol. The van der Waals surface area contributed by atoms with Crippen LogP contribution in [-0.4, -0.2) is 46.2 Å². The largest absolute Gasteiger partial charge is 0.356 e. The van der Waals surface area contributed by atoms with Crippen molar-refractivity contribution in [1.82, 2.24) is 14.8 Å². The van der Waals surface area contributed by atoms with Crippen molar-refractivity contribution in [1.29, 1.82) is 0 Å². The number of nitrogens with zero attached hydrogens (tertiary/aromatic N) is 2. The van der Waals surface area contributed by atoms with Gasteiger partial charge >= 0.3 is 0 Å². The molecule has 2 amide bonds. The van der Waals surface area contributed by atoms with Gasteiger partial charge in [-0.15, -0.1) is 0 Å². The molecule has 4 rings (SSSR count). The zero-order valence-electron chi connectivity index (χ0n) is 13.6. The van der Waals surface area contributed by atoms with Gasteiger partial charge in [0.1, 0.15) is 0 Å². The lowest BCUT2D eigenvalue weighted by Crippen LogP contribution is -2.66. The van der Waals surface area contributed by atoms with Gasteiger partial charge in [-0.25, -0.2) is 0 Å². The Balaban J connectivity index is 1.91. The molecule has 1 fully saturated rings. The van der Waals surface area contributed by atoms with Crippen molar-refractivity contribution in [3.05, 3.63) is 35.5 Å². The Hall–Kier alpha value is -2.30. The highest BCUT2D eigenvalue weighted by Gasteiger charge is 2.53. The zero-order chi connectivity index (χ0) is 16.2. The van der Waals surface area contributed by atoms with Crippen LogP contribution >= 0.6 is 0 Å². The van der Waals surface area contributed by atoms with Crippen LogP contribution in [0.15, 0.2) is 24.3 Å². The molecule has 0 radical (unpaired) electrons. The maximum absolute atomic E-state index is 13.2. The van der Waals surface area contributed by atoms with Crippen LogP contribution in [0.4, 0.5) is 0 Å². The van der Waals surface area contributed by atoms with E-state index in [1.54, 1.807) is 9.80 Å². The highest BCUT2D eigenvalue weighted by Crippen LogP contribution is 2.41. The maximum Gasteiger partial charge on any atom is 0.254 e. The van der Waals surface area contributed by atoms with Crippen molar-refractivity contribution in [2.24, 2.45) is 0 Å². The summed E-state index contributed by atoms with van der Waals surface area (Å²) in [6.45, 7) is 5.36. The van der Waals surface area contributed by atoms with Gasteiger partial charge in [0.15, 0.2) is 5.54 Å². The van der Waals surface area contributed by atoms with E-state index in [9.17, 15) is 9.59 Å². The third-order valence-corrected chi connectivity index (χ3v) is 5.25. The minimum atomic E-state index is -0.906. The molecule has 1 aromatic heterocycles. The van der Waals surface area contributed by atoms with Gasteiger partial charge in [-0.05, 0) is 31.4 Å². The number of H-pyrrole nitrogens is 1. The second-order valence-corrected chi connectivity index (χ2v) is 6.62. The van der Waals surface area contributed by atoms with Gasteiger partial charge in [-0.2, -0.15) is 0 Å². The number of piperazine rings is 1. The summed E-state index contributed by atoms with van der Waals surface area (Å²) < 4.78 is 0. The Morgan fingerprint density at radius 3 is 2.83 bits per heavy atom. The summed E-state index contributed by atoms with van der Waals surface area (Å²) >= 11 is 0. The van der Waals surface area contributed by atoms with E-state index < -0.39 is 5.54 Å². The number of amides is 2. The second-order valence-electron chi connectivity index (χ2n) is 6.62. The molecule has 3 heterocycles. The third kappa shape index (κ3) is 1.79. The second kappa shape index (κ2) is 4.85. The van der Waals surface area contributed by atoms with E-state index in [2.05, 4.69) is 11.1 Å². The highest BCUT2D eigenvalue weighted by atomic mass is 16.2. The molecule has 0 saturated carbocycles. The first-order valence-corrected chi connectivity index (χ1v) is 8.27. The topological polar surface area (TPSA) is 56.4 Å². The molecule has 120 valence electrons. The Labute approximate surface area is 135 Å². The Bertz CT molecular complexity index is 810. The smallest absolute Gasteiger partial charge is 0.254 e. The number of rotatable bonds is 2. The van der Waals surface area contributed by atoms with Gasteiger partial charge in [-0.3, -0.25) is 9.59 Å². The van der Waals surface area contributed by atoms with Gasteiger partial charge in [0.2, 0.25) is 5.91 Å². The summed E-state index contributed by atoms with van der Waals surface area (Å²) in [4.78, 5) is 32.7. The van der Waals surface area contributed by atoms with Crippen molar-refractivity contribution in [3.63, 3.8) is 0 Å². The number of fused-ring (bicyclic) bond motifs is 5.